The highest BCUT2D eigenvalue weighted by Gasteiger charge is 2.38. The quantitative estimate of drug-likeness (QED) is 0.638. The van der Waals surface area contributed by atoms with Crippen molar-refractivity contribution in [2.45, 2.75) is 44.2 Å². The van der Waals surface area contributed by atoms with Gasteiger partial charge in [0.1, 0.15) is 6.54 Å². The highest BCUT2D eigenvalue weighted by molar-refractivity contribution is 5.85. The Morgan fingerprint density at radius 1 is 1.31 bits per heavy atom. The van der Waals surface area contributed by atoms with Crippen molar-refractivity contribution in [1.82, 2.24) is 10.6 Å². The van der Waals surface area contributed by atoms with Gasteiger partial charge < -0.3 is 15.7 Å². The van der Waals surface area contributed by atoms with Crippen molar-refractivity contribution in [3.63, 3.8) is 0 Å². The Hall–Kier alpha value is -1.10. The van der Waals surface area contributed by atoms with Gasteiger partial charge >= 0.3 is 5.97 Å². The van der Waals surface area contributed by atoms with Crippen LogP contribution in [0.4, 0.5) is 0 Å². The summed E-state index contributed by atoms with van der Waals surface area (Å²) in [5.41, 5.74) is 0. The summed E-state index contributed by atoms with van der Waals surface area (Å²) in [5.74, 6) is -0.560. The van der Waals surface area contributed by atoms with Gasteiger partial charge in [-0.25, -0.2) is 0 Å². The molecule has 0 bridgehead atoms. The lowest BCUT2D eigenvalue weighted by Gasteiger charge is -2.24. The van der Waals surface area contributed by atoms with Crippen LogP contribution in [0.15, 0.2) is 0 Å². The van der Waals surface area contributed by atoms with Crippen LogP contribution in [0, 0.1) is 5.92 Å². The van der Waals surface area contributed by atoms with Gasteiger partial charge in [0, 0.05) is 6.04 Å². The molecule has 3 N–H and O–H groups in total. The van der Waals surface area contributed by atoms with E-state index in [1.807, 2.05) is 0 Å². The first-order valence-corrected chi connectivity index (χ1v) is 5.92. The second kappa shape index (κ2) is 4.82. The summed E-state index contributed by atoms with van der Waals surface area (Å²) < 4.78 is 0. The van der Waals surface area contributed by atoms with Gasteiger partial charge in [-0.05, 0) is 25.2 Å². The smallest absolute Gasteiger partial charge is 0.322 e. The van der Waals surface area contributed by atoms with E-state index in [9.17, 15) is 9.59 Å². The number of carbonyl (C=O) groups is 2. The van der Waals surface area contributed by atoms with E-state index in [1.54, 1.807) is 0 Å². The van der Waals surface area contributed by atoms with E-state index in [0.717, 1.165) is 12.8 Å². The molecule has 2 rings (SSSR count). The molecule has 2 aliphatic rings. The largest absolute Gasteiger partial charge is 0.480 e. The summed E-state index contributed by atoms with van der Waals surface area (Å²) in [5, 5.41) is 14.2. The minimum absolute atomic E-state index is 0.170. The third-order valence-corrected chi connectivity index (χ3v) is 3.59. The zero-order chi connectivity index (χ0) is 11.5. The van der Waals surface area contributed by atoms with E-state index in [1.165, 1.54) is 19.3 Å². The number of fused-ring (bicyclic) bond motifs is 1. The standard InChI is InChI=1S/C11H18N2O3/c14-10(15)6-12-11(16)9-5-7-3-1-2-4-8(7)13-9/h7-9,13H,1-6H2,(H,12,16)(H,14,15). The molecule has 0 aromatic carbocycles. The van der Waals surface area contributed by atoms with Gasteiger partial charge in [0.2, 0.25) is 5.91 Å². The van der Waals surface area contributed by atoms with Crippen LogP contribution in [0.25, 0.3) is 0 Å². The predicted molar refractivity (Wildman–Crippen MR) is 57.9 cm³/mol. The Balaban J connectivity index is 1.82. The Labute approximate surface area is 94.6 Å². The van der Waals surface area contributed by atoms with Gasteiger partial charge in [0.05, 0.1) is 6.04 Å². The normalized spacial score (nSPS) is 33.1. The number of carbonyl (C=O) groups excluding carboxylic acids is 1. The van der Waals surface area contributed by atoms with Crippen LogP contribution < -0.4 is 10.6 Å². The molecule has 1 saturated carbocycles. The second-order valence-electron chi connectivity index (χ2n) is 4.72. The topological polar surface area (TPSA) is 78.4 Å². The minimum atomic E-state index is -0.997. The zero-order valence-corrected chi connectivity index (χ0v) is 9.24. The van der Waals surface area contributed by atoms with E-state index in [2.05, 4.69) is 10.6 Å². The minimum Gasteiger partial charge on any atom is -0.480 e. The average Bonchev–Trinajstić information content (AvgIpc) is 2.69. The van der Waals surface area contributed by atoms with Crippen LogP contribution in [0.2, 0.25) is 0 Å². The van der Waals surface area contributed by atoms with Crippen LogP contribution in [0.3, 0.4) is 0 Å². The summed E-state index contributed by atoms with van der Waals surface area (Å²) in [6.45, 7) is -0.285. The number of aliphatic carboxylic acids is 1. The lowest BCUT2D eigenvalue weighted by Crippen LogP contribution is -2.44. The molecule has 16 heavy (non-hydrogen) atoms. The lowest BCUT2D eigenvalue weighted by atomic mass is 9.85. The fourth-order valence-corrected chi connectivity index (χ4v) is 2.81. The summed E-state index contributed by atoms with van der Waals surface area (Å²) in [7, 11) is 0. The number of rotatable bonds is 3. The van der Waals surface area contributed by atoms with E-state index in [-0.39, 0.29) is 18.5 Å². The van der Waals surface area contributed by atoms with Crippen LogP contribution in [-0.2, 0) is 9.59 Å². The van der Waals surface area contributed by atoms with Crippen molar-refractivity contribution in [1.29, 1.82) is 0 Å². The van der Waals surface area contributed by atoms with E-state index in [0.29, 0.717) is 12.0 Å². The monoisotopic (exact) mass is 226 g/mol. The van der Waals surface area contributed by atoms with Crippen LogP contribution in [0.5, 0.6) is 0 Å². The number of carboxylic acid groups (broad SMARTS) is 1. The van der Waals surface area contributed by atoms with Crippen LogP contribution in [-0.4, -0.2) is 35.6 Å². The first-order chi connectivity index (χ1) is 7.66. The van der Waals surface area contributed by atoms with Gasteiger partial charge in [0.15, 0.2) is 0 Å². The fraction of sp³-hybridized carbons (Fsp3) is 0.818. The first kappa shape index (κ1) is 11.4. The van der Waals surface area contributed by atoms with Gasteiger partial charge in [-0.15, -0.1) is 0 Å². The molecule has 1 saturated heterocycles. The molecule has 3 atom stereocenters. The van der Waals surface area contributed by atoms with Crippen molar-refractivity contribution in [2.75, 3.05) is 6.54 Å². The van der Waals surface area contributed by atoms with E-state index in [4.69, 9.17) is 5.11 Å². The highest BCUT2D eigenvalue weighted by atomic mass is 16.4. The molecular formula is C11H18N2O3. The molecule has 0 aromatic heterocycles. The molecule has 5 heteroatoms. The van der Waals surface area contributed by atoms with Gasteiger partial charge in [-0.3, -0.25) is 9.59 Å². The number of nitrogens with one attached hydrogen (secondary N) is 2. The van der Waals surface area contributed by atoms with Crippen molar-refractivity contribution in [3.05, 3.63) is 0 Å². The zero-order valence-electron chi connectivity index (χ0n) is 9.24. The van der Waals surface area contributed by atoms with Gasteiger partial charge in [-0.2, -0.15) is 0 Å². The number of amides is 1. The van der Waals surface area contributed by atoms with Crippen LogP contribution >= 0.6 is 0 Å². The van der Waals surface area contributed by atoms with Crippen molar-refractivity contribution in [3.8, 4) is 0 Å². The Morgan fingerprint density at radius 2 is 2.06 bits per heavy atom. The Morgan fingerprint density at radius 3 is 2.75 bits per heavy atom. The van der Waals surface area contributed by atoms with Gasteiger partial charge in [-0.1, -0.05) is 12.8 Å². The molecule has 90 valence electrons. The maximum atomic E-state index is 11.7. The Bertz CT molecular complexity index is 279. The molecule has 0 spiro atoms. The molecule has 1 heterocycles. The SMILES string of the molecule is O=C(O)CNC(=O)C1CC2CCCCC2N1. The predicted octanol–water partition coefficient (Wildman–Crippen LogP) is 0.108. The molecular weight excluding hydrogens is 208 g/mol. The van der Waals surface area contributed by atoms with E-state index < -0.39 is 5.97 Å². The molecule has 1 aliphatic carbocycles. The highest BCUT2D eigenvalue weighted by Crippen LogP contribution is 2.33. The summed E-state index contributed by atoms with van der Waals surface area (Å²) in [4.78, 5) is 22.0. The number of carboxylic acids is 1. The van der Waals surface area contributed by atoms with Crippen molar-refractivity contribution < 1.29 is 14.7 Å². The molecule has 1 amide bonds. The molecule has 5 nitrogen and oxygen atoms in total. The maximum absolute atomic E-state index is 11.7. The third-order valence-electron chi connectivity index (χ3n) is 3.59. The average molecular weight is 226 g/mol. The summed E-state index contributed by atoms with van der Waals surface area (Å²) >= 11 is 0. The lowest BCUT2D eigenvalue weighted by molar-refractivity contribution is -0.138. The molecule has 3 unspecified atom stereocenters. The molecule has 1 aliphatic heterocycles. The molecule has 0 radical (unpaired) electrons. The third kappa shape index (κ3) is 2.52. The Kier molecular flexibility index (Phi) is 3.43. The fourth-order valence-electron chi connectivity index (χ4n) is 2.81. The van der Waals surface area contributed by atoms with Gasteiger partial charge in [0.25, 0.3) is 0 Å². The van der Waals surface area contributed by atoms with Crippen molar-refractivity contribution in [2.24, 2.45) is 5.92 Å². The van der Waals surface area contributed by atoms with E-state index >= 15 is 0 Å². The number of hydrogen-bond donors (Lipinski definition) is 3. The van der Waals surface area contributed by atoms with Crippen LogP contribution in [0.1, 0.15) is 32.1 Å². The molecule has 2 fully saturated rings. The first-order valence-electron chi connectivity index (χ1n) is 5.92. The number of hydrogen-bond acceptors (Lipinski definition) is 3. The maximum Gasteiger partial charge on any atom is 0.322 e. The second-order valence-corrected chi connectivity index (χ2v) is 4.72. The molecule has 0 aromatic rings. The summed E-state index contributed by atoms with van der Waals surface area (Å²) in [6, 6.07) is 0.279. The van der Waals surface area contributed by atoms with Crippen molar-refractivity contribution >= 4 is 11.9 Å². The summed E-state index contributed by atoms with van der Waals surface area (Å²) in [6.07, 6.45) is 5.69.